The second-order valence-electron chi connectivity index (χ2n) is 33.6. The Bertz CT molecular complexity index is 5180. The molecule has 36 heteroatoms. The number of nitrogens with one attached hydrogen (secondary N) is 10. The lowest BCUT2D eigenvalue weighted by atomic mass is 9.95. The van der Waals surface area contributed by atoms with Crippen molar-refractivity contribution in [2.45, 2.75) is 185 Å². The minimum Gasteiger partial charge on any atom is -0.508 e. The number of hydrogen-bond acceptors (Lipinski definition) is 19. The summed E-state index contributed by atoms with van der Waals surface area (Å²) >= 11 is 0.842. The lowest BCUT2D eigenvalue weighted by Gasteiger charge is -2.37. The van der Waals surface area contributed by atoms with Crippen molar-refractivity contribution >= 4 is 123 Å². The molecule has 2 bridgehead atoms. The first kappa shape index (κ1) is 100. The minimum atomic E-state index is -1.90. The van der Waals surface area contributed by atoms with Crippen molar-refractivity contribution in [3.63, 3.8) is 0 Å². The fraction of sp³-hybridized carbons (Fsp3) is 0.426. The molecule has 0 spiro atoms. The van der Waals surface area contributed by atoms with Gasteiger partial charge >= 0.3 is 5.97 Å². The lowest BCUT2D eigenvalue weighted by molar-refractivity contribution is -0.151. The number of benzene rings is 6. The monoisotopic (exact) mass is 1810 g/mol. The van der Waals surface area contributed by atoms with Gasteiger partial charge in [-0.2, -0.15) is 0 Å². The van der Waals surface area contributed by atoms with Gasteiger partial charge in [0.05, 0.1) is 31.0 Å². The van der Waals surface area contributed by atoms with Crippen molar-refractivity contribution in [1.82, 2.24) is 72.4 Å². The van der Waals surface area contributed by atoms with Gasteiger partial charge in [0.1, 0.15) is 84.5 Å². The van der Waals surface area contributed by atoms with Crippen molar-refractivity contribution in [3.8, 4) is 11.5 Å². The number of fused-ring (bicyclic) bond motifs is 5. The van der Waals surface area contributed by atoms with Crippen LogP contribution < -0.4 is 58.5 Å². The second kappa shape index (κ2) is 47.9. The number of aromatic hydroxyl groups is 2. The maximum Gasteiger partial charge on any atom is 0.305 e. The van der Waals surface area contributed by atoms with Crippen molar-refractivity contribution in [1.29, 1.82) is 0 Å². The van der Waals surface area contributed by atoms with Crippen molar-refractivity contribution in [2.75, 3.05) is 64.2 Å². The first-order valence-electron chi connectivity index (χ1n) is 43.4. The van der Waals surface area contributed by atoms with Gasteiger partial charge in [0, 0.05) is 89.2 Å². The van der Waals surface area contributed by atoms with E-state index in [2.05, 4.69) is 52.8 Å². The van der Waals surface area contributed by atoms with Crippen LogP contribution in [0.25, 0.3) is 10.9 Å². The van der Waals surface area contributed by atoms with Gasteiger partial charge in [0.25, 0.3) is 0 Å². The number of thioether (sulfide) groups is 1. The van der Waals surface area contributed by atoms with E-state index >= 15 is 47.9 Å². The molecule has 0 aliphatic carbocycles. The standard InChI is InChI=1S/C94H118N16O19S/c1-10-11-34-74-92(127)106(6)51-79(114)100-71(48-82(117)118)88(123)105-83(56(4)5)94(129)108(8)76(43-58-26-17-13-18-27-58)89(124)103-72-45-61-37-40-64(112)47-75(61)110(91(72)126)52-80(115)99-70(46-62-49-96-66-32-22-21-31-65(62)66)87(122)102-69(42-60-35-38-63(111)39-36-60)86(121)101-68(41-55(2)3)85(120)104-73(84(119)97-50-78(95)113)53-130-54-81(116)98-67(33-23-30-57-24-15-12-16-25-57)90(125)109(9)77(93(128)107(74)7)44-59-28-19-14-20-29-59/h12-22,24-29,31-32,35-40,47,49,55-56,67-74,76-77,83,96,111-112H,10-11,23,30,33-34,41-46,48,50-54H2,1-9H3,(H2,95,113)(H,97,119)(H,98,116)(H,99,115)(H,100,114)(H,101,121)(H,102,122)(H,103,124)(H,104,120)(H,105,123)(H,117,118)/t67-,68-,69-,70-,71-,72-,73-,74-,76-,77-,83-/m0/s1. The number of carbonyl (C=O) groups excluding carboxylic acids is 15. The van der Waals surface area contributed by atoms with E-state index in [1.54, 1.807) is 119 Å². The number of aryl methyl sites for hydroxylation is 1. The Morgan fingerprint density at radius 1 is 0.508 bits per heavy atom. The van der Waals surface area contributed by atoms with Crippen LogP contribution in [0.15, 0.2) is 164 Å². The molecule has 9 rings (SSSR count). The Labute approximate surface area is 758 Å². The first-order valence-corrected chi connectivity index (χ1v) is 44.5. The smallest absolute Gasteiger partial charge is 0.305 e. The zero-order chi connectivity index (χ0) is 94.6. The highest BCUT2D eigenvalue weighted by atomic mass is 32.2. The van der Waals surface area contributed by atoms with E-state index in [0.717, 1.165) is 32.0 Å². The predicted octanol–water partition coefficient (Wildman–Crippen LogP) is 2.99. The van der Waals surface area contributed by atoms with E-state index < -0.39 is 199 Å². The van der Waals surface area contributed by atoms with Crippen LogP contribution in [0.5, 0.6) is 11.5 Å². The van der Waals surface area contributed by atoms with Crippen LogP contribution in [-0.4, -0.2) is 260 Å². The van der Waals surface area contributed by atoms with Crippen LogP contribution in [0.3, 0.4) is 0 Å². The van der Waals surface area contributed by atoms with Gasteiger partial charge in [0.2, 0.25) is 88.6 Å². The quantitative estimate of drug-likeness (QED) is 0.0438. The summed E-state index contributed by atoms with van der Waals surface area (Å²) in [5, 5.41) is 56.3. The number of aromatic nitrogens is 1. The molecule has 6 aromatic carbocycles. The molecule has 130 heavy (non-hydrogen) atoms. The summed E-state index contributed by atoms with van der Waals surface area (Å²) in [6, 6.07) is 26.5. The molecule has 1 fully saturated rings. The number of aliphatic carboxylic acids is 1. The summed E-state index contributed by atoms with van der Waals surface area (Å²) < 4.78 is 0. The first-order chi connectivity index (χ1) is 62.0. The number of nitrogens with zero attached hydrogens (tertiary/aromatic N) is 5. The summed E-state index contributed by atoms with van der Waals surface area (Å²) in [4.78, 5) is 244. The van der Waals surface area contributed by atoms with E-state index in [-0.39, 0.29) is 80.2 Å². The molecule has 1 saturated heterocycles. The molecule has 0 unspecified atom stereocenters. The van der Waals surface area contributed by atoms with Gasteiger partial charge < -0.3 is 98.4 Å². The summed E-state index contributed by atoms with van der Waals surface area (Å²) in [5.41, 5.74) is 9.44. The SMILES string of the molecule is CCCC[C@H]1C(=O)N(C)CC(=O)N[C@@H](CC(=O)O)C(=O)N[C@@H](C(C)C)C(=O)N(C)[C@@H](Cc2ccccc2)C(=O)N[C@H]2Cc3ccc(O)cc3N(CC(=O)N[C@@H](Cc3c[nH]c4ccccc34)C(=O)N[C@@H](Cc3ccc(O)cc3)C(=O)N[C@@H](CC(C)C)C(=O)N[C@H](C(=O)NCC(N)=O)CSCC(=O)N[C@@H](CCCc3ccccc3)C(=O)N(C)[C@@H](Cc3ccccc3)C(=O)N1C)C2=O. The van der Waals surface area contributed by atoms with Crippen LogP contribution in [0, 0.1) is 11.8 Å². The molecule has 694 valence electrons. The number of carboxylic acids is 1. The maximum absolute atomic E-state index is 15.6. The molecule has 2 aliphatic heterocycles. The third kappa shape index (κ3) is 28.7. The van der Waals surface area contributed by atoms with Crippen LogP contribution in [0.1, 0.15) is 113 Å². The van der Waals surface area contributed by atoms with Gasteiger partial charge in [-0.25, -0.2) is 0 Å². The molecule has 2 aliphatic rings. The van der Waals surface area contributed by atoms with Gasteiger partial charge in [-0.1, -0.05) is 175 Å². The molecule has 0 saturated carbocycles. The lowest BCUT2D eigenvalue weighted by Crippen LogP contribution is -2.62. The molecule has 3 heterocycles. The third-order valence-corrected chi connectivity index (χ3v) is 23.8. The van der Waals surface area contributed by atoms with Gasteiger partial charge in [-0.05, 0) is 102 Å². The van der Waals surface area contributed by atoms with Crippen molar-refractivity contribution in [3.05, 3.63) is 197 Å². The van der Waals surface area contributed by atoms with Crippen LogP contribution in [0.2, 0.25) is 0 Å². The fourth-order valence-corrected chi connectivity index (χ4v) is 16.5. The number of H-pyrrole nitrogens is 1. The highest BCUT2D eigenvalue weighted by Crippen LogP contribution is 2.33. The van der Waals surface area contributed by atoms with E-state index in [4.69, 9.17) is 5.73 Å². The molecular formula is C94H118N16O19S. The van der Waals surface area contributed by atoms with Gasteiger partial charge in [-0.15, -0.1) is 11.8 Å². The van der Waals surface area contributed by atoms with Crippen molar-refractivity contribution in [2.24, 2.45) is 17.6 Å². The molecule has 1 aromatic heterocycles. The summed E-state index contributed by atoms with van der Waals surface area (Å²) in [5.74, 6) is -17.5. The van der Waals surface area contributed by atoms with Gasteiger partial charge in [0.15, 0.2) is 0 Å². The number of anilines is 1. The summed E-state index contributed by atoms with van der Waals surface area (Å²) in [6.45, 7) is 6.12. The van der Waals surface area contributed by atoms with Gasteiger partial charge in [-0.3, -0.25) is 76.7 Å². The molecular weight excluding hydrogens is 1690 g/mol. The molecule has 7 aromatic rings. The van der Waals surface area contributed by atoms with E-state index in [1.165, 1.54) is 80.5 Å². The van der Waals surface area contributed by atoms with Crippen LogP contribution >= 0.6 is 11.8 Å². The van der Waals surface area contributed by atoms with Crippen molar-refractivity contribution < 1.29 is 92.0 Å². The molecule has 11 atom stereocenters. The van der Waals surface area contributed by atoms with E-state index in [0.29, 0.717) is 64.4 Å². The number of carboxylic acid groups (broad SMARTS) is 1. The Morgan fingerprint density at radius 2 is 1.05 bits per heavy atom. The van der Waals surface area contributed by atoms with Crippen LogP contribution in [0.4, 0.5) is 5.69 Å². The zero-order valence-corrected chi connectivity index (χ0v) is 75.2. The average molecular weight is 1810 g/mol. The summed E-state index contributed by atoms with van der Waals surface area (Å²) in [6.07, 6.45) is 1.08. The number of hydrogen-bond donors (Lipinski definition) is 14. The number of amides is 15. The number of aromatic amines is 1. The fourth-order valence-electron chi connectivity index (χ4n) is 15.7. The number of unbranched alkanes of at least 4 members (excludes halogenated alkanes) is 1. The number of para-hydroxylation sites is 1. The molecule has 15 N–H and O–H groups in total. The Kier molecular flexibility index (Phi) is 36.9. The maximum atomic E-state index is 15.6. The minimum absolute atomic E-state index is 0.0176. The number of phenolic OH excluding ortho intramolecular Hbond substituents is 2. The van der Waals surface area contributed by atoms with E-state index in [1.807, 2.05) is 37.3 Å². The van der Waals surface area contributed by atoms with Crippen LogP contribution in [-0.2, 0) is 115 Å². The van der Waals surface area contributed by atoms with E-state index in [9.17, 15) is 44.1 Å². The highest BCUT2D eigenvalue weighted by Gasteiger charge is 2.44. The number of carbonyl (C=O) groups is 16. The second-order valence-corrected chi connectivity index (χ2v) is 34.7. The largest absolute Gasteiger partial charge is 0.508 e. The number of phenols is 2. The number of nitrogens with two attached hydrogens (primary N) is 1. The Hall–Kier alpha value is -13.7. The summed E-state index contributed by atoms with van der Waals surface area (Å²) in [7, 11) is 5.32. The zero-order valence-electron chi connectivity index (χ0n) is 74.4. The number of rotatable bonds is 23. The molecule has 35 nitrogen and oxygen atoms in total. The Morgan fingerprint density at radius 3 is 1.68 bits per heavy atom. The molecule has 15 amide bonds. The average Bonchev–Trinajstić information content (AvgIpc) is 0.834. The number of likely N-dealkylation sites (N-methyl/N-ethyl adjacent to an activating group) is 4. The highest BCUT2D eigenvalue weighted by molar-refractivity contribution is 8.00. The topological polar surface area (TPSA) is 500 Å². The predicted molar refractivity (Wildman–Crippen MR) is 486 cm³/mol. The number of primary amides is 1. The normalized spacial score (nSPS) is 22.1. The third-order valence-electron chi connectivity index (χ3n) is 22.8. The molecule has 0 radical (unpaired) electrons. The Balaban J connectivity index is 1.11.